The van der Waals surface area contributed by atoms with Crippen molar-refractivity contribution in [3.05, 3.63) is 35.4 Å². The van der Waals surface area contributed by atoms with Gasteiger partial charge in [-0.15, -0.1) is 0 Å². The van der Waals surface area contributed by atoms with Crippen LogP contribution in [0.2, 0.25) is 0 Å². The summed E-state index contributed by atoms with van der Waals surface area (Å²) in [4.78, 5) is 27.7. The minimum atomic E-state index is -4.49. The first-order valence-corrected chi connectivity index (χ1v) is 5.92. The van der Waals surface area contributed by atoms with Crippen LogP contribution in [0.1, 0.15) is 15.9 Å². The van der Waals surface area contributed by atoms with Gasteiger partial charge in [0.1, 0.15) is 7.11 Å². The number of alkyl halides is 3. The van der Waals surface area contributed by atoms with Gasteiger partial charge in [0.25, 0.3) is 5.91 Å². The van der Waals surface area contributed by atoms with Crippen LogP contribution in [0.5, 0.6) is 0 Å². The van der Waals surface area contributed by atoms with Gasteiger partial charge in [0.15, 0.2) is 6.04 Å². The number of hydrogen-bond donors (Lipinski definition) is 1. The second kappa shape index (κ2) is 7.43. The number of halogens is 3. The number of carbonyl (C=O) groups excluding carboxylic acids is 2. The highest BCUT2D eigenvalue weighted by Gasteiger charge is 2.30. The first-order valence-electron chi connectivity index (χ1n) is 5.92. The van der Waals surface area contributed by atoms with Crippen LogP contribution >= 0.6 is 0 Å². The highest BCUT2D eigenvalue weighted by atomic mass is 19.4. The van der Waals surface area contributed by atoms with Gasteiger partial charge in [-0.05, 0) is 24.3 Å². The van der Waals surface area contributed by atoms with E-state index in [1.165, 1.54) is 7.11 Å². The Morgan fingerprint density at radius 2 is 1.82 bits per heavy atom. The highest BCUT2D eigenvalue weighted by Crippen LogP contribution is 2.29. The summed E-state index contributed by atoms with van der Waals surface area (Å²) in [6, 6.07) is 2.32. The molecule has 0 spiro atoms. The van der Waals surface area contributed by atoms with Crippen molar-refractivity contribution < 1.29 is 32.3 Å². The molecule has 0 aromatic heterocycles. The van der Waals surface area contributed by atoms with Crippen LogP contribution < -0.4 is 5.32 Å². The largest absolute Gasteiger partial charge is 0.467 e. The summed E-state index contributed by atoms with van der Waals surface area (Å²) in [6.07, 6.45) is -3.50. The minimum Gasteiger partial charge on any atom is -0.467 e. The number of methoxy groups -OCH3 is 1. The van der Waals surface area contributed by atoms with Gasteiger partial charge in [-0.25, -0.2) is 4.79 Å². The van der Waals surface area contributed by atoms with Crippen molar-refractivity contribution in [1.29, 1.82) is 0 Å². The van der Waals surface area contributed by atoms with Crippen LogP contribution in [0.25, 0.3) is 0 Å². The average molecular weight is 318 g/mol. The van der Waals surface area contributed by atoms with Crippen molar-refractivity contribution in [1.82, 2.24) is 5.32 Å². The third kappa shape index (κ3) is 4.76. The fourth-order valence-corrected chi connectivity index (χ4v) is 1.44. The summed E-state index contributed by atoms with van der Waals surface area (Å²) in [5.74, 6) is -1.56. The topological polar surface area (TPSA) is 77.0 Å². The summed E-state index contributed by atoms with van der Waals surface area (Å²) >= 11 is 0. The zero-order valence-electron chi connectivity index (χ0n) is 11.7. The minimum absolute atomic E-state index is 0.0484. The van der Waals surface area contributed by atoms with Crippen molar-refractivity contribution in [3.63, 3.8) is 0 Å². The second-order valence-corrected chi connectivity index (χ2v) is 3.99. The molecule has 1 amide bonds. The van der Waals surface area contributed by atoms with Crippen LogP contribution in [0.4, 0.5) is 13.2 Å². The molecular weight excluding hydrogens is 305 g/mol. The number of nitrogens with one attached hydrogen (secondary N) is 1. The van der Waals surface area contributed by atoms with Gasteiger partial charge in [-0.3, -0.25) is 4.79 Å². The molecule has 0 aliphatic heterocycles. The number of oxime groups is 1. The highest BCUT2D eigenvalue weighted by molar-refractivity contribution is 6.02. The molecule has 9 heteroatoms. The van der Waals surface area contributed by atoms with Gasteiger partial charge >= 0.3 is 12.1 Å². The van der Waals surface area contributed by atoms with E-state index in [0.29, 0.717) is 0 Å². The van der Waals surface area contributed by atoms with E-state index in [2.05, 4.69) is 20.0 Å². The van der Waals surface area contributed by atoms with Gasteiger partial charge in [-0.1, -0.05) is 5.16 Å². The van der Waals surface area contributed by atoms with Crippen LogP contribution in [0.15, 0.2) is 29.4 Å². The number of ether oxygens (including phenoxy) is 1. The molecule has 1 aromatic carbocycles. The maximum atomic E-state index is 12.4. The molecule has 0 aliphatic carbocycles. The molecular formula is C13H13F3N2O4. The van der Waals surface area contributed by atoms with Crippen molar-refractivity contribution in [2.45, 2.75) is 12.2 Å². The lowest BCUT2D eigenvalue weighted by Crippen LogP contribution is -2.42. The molecule has 0 aliphatic rings. The van der Waals surface area contributed by atoms with Gasteiger partial charge in [-0.2, -0.15) is 13.2 Å². The first kappa shape index (κ1) is 17.5. The van der Waals surface area contributed by atoms with E-state index in [9.17, 15) is 22.8 Å². The van der Waals surface area contributed by atoms with E-state index in [1.54, 1.807) is 0 Å². The predicted molar refractivity (Wildman–Crippen MR) is 70.2 cm³/mol. The molecule has 0 unspecified atom stereocenters. The van der Waals surface area contributed by atoms with Crippen LogP contribution in [-0.2, 0) is 20.5 Å². The number of esters is 1. The van der Waals surface area contributed by atoms with Gasteiger partial charge in [0, 0.05) is 5.56 Å². The fraction of sp³-hybridized carbons (Fsp3) is 0.308. The second-order valence-electron chi connectivity index (χ2n) is 3.99. The monoisotopic (exact) mass is 318 g/mol. The zero-order chi connectivity index (χ0) is 16.8. The Morgan fingerprint density at radius 1 is 1.23 bits per heavy atom. The van der Waals surface area contributed by atoms with Gasteiger partial charge in [0.2, 0.25) is 0 Å². The Hall–Kier alpha value is -2.58. The molecule has 0 radical (unpaired) electrons. The molecule has 1 aromatic rings. The molecule has 0 bridgehead atoms. The maximum Gasteiger partial charge on any atom is 0.416 e. The Labute approximate surface area is 123 Å². The average Bonchev–Trinajstić information content (AvgIpc) is 2.49. The van der Waals surface area contributed by atoms with Crippen LogP contribution in [-0.4, -0.2) is 38.4 Å². The molecule has 120 valence electrons. The molecule has 0 fully saturated rings. The van der Waals surface area contributed by atoms with Crippen molar-refractivity contribution in [2.75, 3.05) is 14.2 Å². The fourth-order valence-electron chi connectivity index (χ4n) is 1.44. The van der Waals surface area contributed by atoms with Crippen LogP contribution in [0, 0.1) is 0 Å². The van der Waals surface area contributed by atoms with E-state index < -0.39 is 29.7 Å². The summed E-state index contributed by atoms with van der Waals surface area (Å²) in [5.41, 5.74) is -0.928. The van der Waals surface area contributed by atoms with Crippen molar-refractivity contribution in [2.24, 2.45) is 5.16 Å². The Kier molecular flexibility index (Phi) is 5.90. The molecule has 1 atom stereocenters. The lowest BCUT2D eigenvalue weighted by Gasteiger charge is -2.12. The molecule has 0 saturated carbocycles. The van der Waals surface area contributed by atoms with Crippen LogP contribution in [0.3, 0.4) is 0 Å². The molecule has 0 saturated heterocycles. The van der Waals surface area contributed by atoms with E-state index in [-0.39, 0.29) is 5.56 Å². The maximum absolute atomic E-state index is 12.4. The van der Waals surface area contributed by atoms with Crippen molar-refractivity contribution >= 4 is 18.1 Å². The number of hydrogen-bond acceptors (Lipinski definition) is 5. The van der Waals surface area contributed by atoms with E-state index in [1.807, 2.05) is 0 Å². The number of nitrogens with zero attached hydrogens (tertiary/aromatic N) is 1. The number of rotatable bonds is 5. The molecule has 1 rings (SSSR count). The van der Waals surface area contributed by atoms with Crippen molar-refractivity contribution in [3.8, 4) is 0 Å². The van der Waals surface area contributed by atoms with E-state index in [0.717, 1.165) is 37.6 Å². The van der Waals surface area contributed by atoms with Gasteiger partial charge in [0.05, 0.1) is 18.9 Å². The number of amides is 1. The predicted octanol–water partition coefficient (Wildman–Crippen LogP) is 1.61. The lowest BCUT2D eigenvalue weighted by molar-refractivity contribution is -0.141. The van der Waals surface area contributed by atoms with E-state index >= 15 is 0 Å². The SMILES string of the molecule is CO/N=C\[C@@H](NC(=O)c1ccc(C(F)(F)F)cc1)C(=O)OC. The summed E-state index contributed by atoms with van der Waals surface area (Å²) in [6.45, 7) is 0. The molecule has 0 heterocycles. The van der Waals surface area contributed by atoms with Gasteiger partial charge < -0.3 is 14.9 Å². The third-order valence-corrected chi connectivity index (χ3v) is 2.53. The Balaban J connectivity index is 2.86. The smallest absolute Gasteiger partial charge is 0.416 e. The van der Waals surface area contributed by atoms with E-state index in [4.69, 9.17) is 0 Å². The standard InChI is InChI=1S/C13H13F3N2O4/c1-21-12(20)10(7-17-22-2)18-11(19)8-3-5-9(6-4-8)13(14,15)16/h3-7,10H,1-2H3,(H,18,19)/b17-7-/t10-/m1/s1. The lowest BCUT2D eigenvalue weighted by atomic mass is 10.1. The summed E-state index contributed by atoms with van der Waals surface area (Å²) < 4.78 is 41.7. The molecule has 22 heavy (non-hydrogen) atoms. The summed E-state index contributed by atoms with van der Waals surface area (Å²) in [7, 11) is 2.35. The normalized spacial score (nSPS) is 12.8. The summed E-state index contributed by atoms with van der Waals surface area (Å²) in [5, 5.41) is 5.60. The number of benzene rings is 1. The first-order chi connectivity index (χ1) is 10.3. The zero-order valence-corrected chi connectivity index (χ0v) is 11.7. The quantitative estimate of drug-likeness (QED) is 0.508. The third-order valence-electron chi connectivity index (χ3n) is 2.53. The number of carbonyl (C=O) groups is 2. The Morgan fingerprint density at radius 3 is 2.27 bits per heavy atom. The molecule has 1 N–H and O–H groups in total. The molecule has 6 nitrogen and oxygen atoms in total. The Bertz CT molecular complexity index is 555.